The fraction of sp³-hybridized carbons (Fsp3) is 0.500. The van der Waals surface area contributed by atoms with Crippen molar-refractivity contribution in [3.05, 3.63) is 24.3 Å². The van der Waals surface area contributed by atoms with E-state index in [1.807, 2.05) is 18.2 Å². The molecule has 100 valence electrons. The molecule has 2 N–H and O–H groups in total. The van der Waals surface area contributed by atoms with Crippen molar-refractivity contribution < 1.29 is 9.53 Å². The highest BCUT2D eigenvalue weighted by Crippen LogP contribution is 2.16. The van der Waals surface area contributed by atoms with E-state index in [0.29, 0.717) is 12.6 Å². The number of rotatable bonds is 7. The van der Waals surface area contributed by atoms with Crippen molar-refractivity contribution >= 4 is 11.6 Å². The molecule has 1 aromatic carbocycles. The Kier molecular flexibility index (Phi) is 6.22. The van der Waals surface area contributed by atoms with E-state index in [1.54, 1.807) is 13.2 Å². The van der Waals surface area contributed by atoms with E-state index >= 15 is 0 Å². The molecule has 0 aromatic heterocycles. The van der Waals surface area contributed by atoms with Crippen LogP contribution < -0.4 is 15.4 Å². The van der Waals surface area contributed by atoms with Gasteiger partial charge in [0, 0.05) is 17.8 Å². The van der Waals surface area contributed by atoms with E-state index in [-0.39, 0.29) is 5.91 Å². The Balaban J connectivity index is 2.39. The molecule has 0 bridgehead atoms. The third-order valence-corrected chi connectivity index (χ3v) is 2.69. The van der Waals surface area contributed by atoms with Crippen LogP contribution in [0.1, 0.15) is 26.7 Å². The molecule has 0 fully saturated rings. The maximum absolute atomic E-state index is 11.7. The van der Waals surface area contributed by atoms with Crippen molar-refractivity contribution in [1.82, 2.24) is 5.32 Å². The second-order valence-corrected chi connectivity index (χ2v) is 4.35. The standard InChI is InChI=1S/C14H22N2O2/c1-4-6-11(2)15-10-14(17)16-12-7-5-8-13(9-12)18-3/h5,7-9,11,15H,4,6,10H2,1-3H3,(H,16,17). The van der Waals surface area contributed by atoms with Crippen molar-refractivity contribution in [2.75, 3.05) is 19.0 Å². The number of hydrogen-bond acceptors (Lipinski definition) is 3. The van der Waals surface area contributed by atoms with Gasteiger partial charge < -0.3 is 15.4 Å². The highest BCUT2D eigenvalue weighted by molar-refractivity contribution is 5.92. The summed E-state index contributed by atoms with van der Waals surface area (Å²) < 4.78 is 5.10. The maximum Gasteiger partial charge on any atom is 0.238 e. The largest absolute Gasteiger partial charge is 0.497 e. The zero-order chi connectivity index (χ0) is 13.4. The molecule has 4 heteroatoms. The van der Waals surface area contributed by atoms with Crippen LogP contribution >= 0.6 is 0 Å². The number of carbonyl (C=O) groups is 1. The Morgan fingerprint density at radius 2 is 2.22 bits per heavy atom. The second-order valence-electron chi connectivity index (χ2n) is 4.35. The molecule has 1 aromatic rings. The predicted molar refractivity (Wildman–Crippen MR) is 74.0 cm³/mol. The molecular formula is C14H22N2O2. The molecule has 18 heavy (non-hydrogen) atoms. The number of hydrogen-bond donors (Lipinski definition) is 2. The average Bonchev–Trinajstić information content (AvgIpc) is 2.37. The minimum absolute atomic E-state index is 0.0359. The van der Waals surface area contributed by atoms with Crippen LogP contribution in [0, 0.1) is 0 Å². The van der Waals surface area contributed by atoms with Crippen LogP contribution in [0.3, 0.4) is 0 Å². The quantitative estimate of drug-likeness (QED) is 0.781. The Morgan fingerprint density at radius 3 is 2.89 bits per heavy atom. The normalized spacial score (nSPS) is 11.9. The van der Waals surface area contributed by atoms with Crippen molar-refractivity contribution in [3.63, 3.8) is 0 Å². The molecule has 1 amide bonds. The molecule has 0 heterocycles. The summed E-state index contributed by atoms with van der Waals surface area (Å²) in [6, 6.07) is 7.70. The van der Waals surface area contributed by atoms with Crippen LogP contribution in [0.2, 0.25) is 0 Å². The maximum atomic E-state index is 11.7. The van der Waals surface area contributed by atoms with Crippen molar-refractivity contribution in [2.45, 2.75) is 32.7 Å². The molecule has 1 unspecified atom stereocenters. The van der Waals surface area contributed by atoms with Gasteiger partial charge in [-0.2, -0.15) is 0 Å². The molecule has 0 aliphatic rings. The van der Waals surface area contributed by atoms with E-state index in [2.05, 4.69) is 24.5 Å². The third kappa shape index (κ3) is 5.19. The zero-order valence-corrected chi connectivity index (χ0v) is 11.3. The van der Waals surface area contributed by atoms with Gasteiger partial charge in [-0.1, -0.05) is 19.4 Å². The average molecular weight is 250 g/mol. The van der Waals surface area contributed by atoms with Crippen molar-refractivity contribution in [2.24, 2.45) is 0 Å². The molecule has 1 rings (SSSR count). The summed E-state index contributed by atoms with van der Waals surface area (Å²) in [5, 5.41) is 6.02. The van der Waals surface area contributed by atoms with Crippen LogP contribution in [-0.4, -0.2) is 25.6 Å². The van der Waals surface area contributed by atoms with Crippen LogP contribution in [0.4, 0.5) is 5.69 Å². The topological polar surface area (TPSA) is 50.4 Å². The molecule has 0 saturated carbocycles. The first-order chi connectivity index (χ1) is 8.65. The molecule has 0 radical (unpaired) electrons. The second kappa shape index (κ2) is 7.71. The third-order valence-electron chi connectivity index (χ3n) is 2.69. The molecule has 4 nitrogen and oxygen atoms in total. The number of amides is 1. The molecule has 1 atom stereocenters. The Bertz CT molecular complexity index is 380. The highest BCUT2D eigenvalue weighted by atomic mass is 16.5. The lowest BCUT2D eigenvalue weighted by atomic mass is 10.2. The lowest BCUT2D eigenvalue weighted by molar-refractivity contribution is -0.115. The first-order valence-electron chi connectivity index (χ1n) is 6.33. The van der Waals surface area contributed by atoms with Gasteiger partial charge in [-0.05, 0) is 25.5 Å². The number of benzene rings is 1. The minimum atomic E-state index is -0.0359. The lowest BCUT2D eigenvalue weighted by Gasteiger charge is -2.12. The van der Waals surface area contributed by atoms with Gasteiger partial charge in [0.1, 0.15) is 5.75 Å². The first-order valence-corrected chi connectivity index (χ1v) is 6.33. The number of methoxy groups -OCH3 is 1. The van der Waals surface area contributed by atoms with E-state index in [1.165, 1.54) is 0 Å². The van der Waals surface area contributed by atoms with Crippen LogP contribution in [0.15, 0.2) is 24.3 Å². The summed E-state index contributed by atoms with van der Waals surface area (Å²) in [6.45, 7) is 4.55. The molecular weight excluding hydrogens is 228 g/mol. The van der Waals surface area contributed by atoms with Gasteiger partial charge in [0.2, 0.25) is 5.91 Å². The fourth-order valence-corrected chi connectivity index (χ4v) is 1.71. The zero-order valence-electron chi connectivity index (χ0n) is 11.3. The van der Waals surface area contributed by atoms with E-state index in [9.17, 15) is 4.79 Å². The molecule has 0 aliphatic carbocycles. The molecule has 0 spiro atoms. The van der Waals surface area contributed by atoms with E-state index in [0.717, 1.165) is 24.3 Å². The smallest absolute Gasteiger partial charge is 0.238 e. The van der Waals surface area contributed by atoms with Crippen molar-refractivity contribution in [1.29, 1.82) is 0 Å². The minimum Gasteiger partial charge on any atom is -0.497 e. The van der Waals surface area contributed by atoms with Gasteiger partial charge in [0.15, 0.2) is 0 Å². The number of ether oxygens (including phenoxy) is 1. The summed E-state index contributed by atoms with van der Waals surface area (Å²) in [4.78, 5) is 11.7. The fourth-order valence-electron chi connectivity index (χ4n) is 1.71. The van der Waals surface area contributed by atoms with Gasteiger partial charge in [0.25, 0.3) is 0 Å². The SMILES string of the molecule is CCCC(C)NCC(=O)Nc1cccc(OC)c1. The summed E-state index contributed by atoms with van der Waals surface area (Å²) in [6.07, 6.45) is 2.19. The van der Waals surface area contributed by atoms with Gasteiger partial charge in [-0.25, -0.2) is 0 Å². The van der Waals surface area contributed by atoms with Crippen LogP contribution in [-0.2, 0) is 4.79 Å². The Labute approximate surface area is 109 Å². The lowest BCUT2D eigenvalue weighted by Crippen LogP contribution is -2.34. The summed E-state index contributed by atoms with van der Waals surface area (Å²) in [7, 11) is 1.61. The van der Waals surface area contributed by atoms with E-state index < -0.39 is 0 Å². The number of anilines is 1. The summed E-state index contributed by atoms with van der Waals surface area (Å²) in [5.74, 6) is 0.700. The summed E-state index contributed by atoms with van der Waals surface area (Å²) >= 11 is 0. The van der Waals surface area contributed by atoms with Gasteiger partial charge in [-0.15, -0.1) is 0 Å². The predicted octanol–water partition coefficient (Wildman–Crippen LogP) is 2.41. The van der Waals surface area contributed by atoms with Gasteiger partial charge in [0.05, 0.1) is 13.7 Å². The van der Waals surface area contributed by atoms with Gasteiger partial charge >= 0.3 is 0 Å². The van der Waals surface area contributed by atoms with E-state index in [4.69, 9.17) is 4.74 Å². The molecule has 0 aliphatic heterocycles. The Hall–Kier alpha value is -1.55. The molecule has 0 saturated heterocycles. The monoisotopic (exact) mass is 250 g/mol. The van der Waals surface area contributed by atoms with Gasteiger partial charge in [-0.3, -0.25) is 4.79 Å². The van der Waals surface area contributed by atoms with Crippen molar-refractivity contribution in [3.8, 4) is 5.75 Å². The van der Waals surface area contributed by atoms with Crippen LogP contribution in [0.5, 0.6) is 5.75 Å². The van der Waals surface area contributed by atoms with Crippen LogP contribution in [0.25, 0.3) is 0 Å². The first kappa shape index (κ1) is 14.5. The number of nitrogens with one attached hydrogen (secondary N) is 2. The Morgan fingerprint density at radius 1 is 1.44 bits per heavy atom. The highest BCUT2D eigenvalue weighted by Gasteiger charge is 2.05. The number of carbonyl (C=O) groups excluding carboxylic acids is 1. The summed E-state index contributed by atoms with van der Waals surface area (Å²) in [5.41, 5.74) is 0.754.